The lowest BCUT2D eigenvalue weighted by Gasteiger charge is -2.13. The molecule has 1 aromatic heterocycles. The Morgan fingerprint density at radius 3 is 2.62 bits per heavy atom. The average Bonchev–Trinajstić information content (AvgIpc) is 2.58. The van der Waals surface area contributed by atoms with Crippen LogP contribution in [0.2, 0.25) is 0 Å². The molecular formula is C17H19F3N4O2. The van der Waals surface area contributed by atoms with Crippen molar-refractivity contribution in [1.82, 2.24) is 20.4 Å². The fraction of sp³-hybridized carbons (Fsp3) is 0.353. The molecule has 0 aliphatic heterocycles. The lowest BCUT2D eigenvalue weighted by molar-refractivity contribution is -0.137. The maximum absolute atomic E-state index is 12.9. The van der Waals surface area contributed by atoms with Crippen molar-refractivity contribution in [3.05, 3.63) is 57.5 Å². The van der Waals surface area contributed by atoms with E-state index in [-0.39, 0.29) is 11.4 Å². The molecule has 0 saturated heterocycles. The van der Waals surface area contributed by atoms with Crippen LogP contribution < -0.4 is 16.1 Å². The standard InChI is InChI=1S/C17H19F3N4O2/c1-3-21-7-8-22-16(26)15-14(25)9-11(2)24(23-15)13-6-4-5-12(10-13)17(18,19)20/h4-6,9-10,21H,3,7-8H2,1-2H3,(H,22,26). The van der Waals surface area contributed by atoms with Gasteiger partial charge in [-0.05, 0) is 31.7 Å². The first-order valence-electron chi connectivity index (χ1n) is 8.01. The van der Waals surface area contributed by atoms with Gasteiger partial charge in [-0.25, -0.2) is 4.68 Å². The summed E-state index contributed by atoms with van der Waals surface area (Å²) in [7, 11) is 0. The molecule has 0 spiro atoms. The number of aryl methyl sites for hydroxylation is 1. The van der Waals surface area contributed by atoms with Crippen molar-refractivity contribution < 1.29 is 18.0 Å². The quantitative estimate of drug-likeness (QED) is 0.764. The molecule has 0 radical (unpaired) electrons. The number of benzene rings is 1. The van der Waals surface area contributed by atoms with Gasteiger partial charge in [0.25, 0.3) is 5.91 Å². The van der Waals surface area contributed by atoms with Crippen molar-refractivity contribution in [3.63, 3.8) is 0 Å². The number of amides is 1. The first-order chi connectivity index (χ1) is 12.2. The van der Waals surface area contributed by atoms with Gasteiger partial charge in [-0.1, -0.05) is 13.0 Å². The lowest BCUT2D eigenvalue weighted by Crippen LogP contribution is -2.36. The highest BCUT2D eigenvalue weighted by Gasteiger charge is 2.30. The minimum absolute atomic E-state index is 0.110. The largest absolute Gasteiger partial charge is 0.416 e. The Morgan fingerprint density at radius 2 is 1.96 bits per heavy atom. The predicted octanol–water partition coefficient (Wildman–Crippen LogP) is 1.90. The Hall–Kier alpha value is -2.68. The summed E-state index contributed by atoms with van der Waals surface area (Å²) < 4.78 is 39.9. The summed E-state index contributed by atoms with van der Waals surface area (Å²) in [6, 6.07) is 5.69. The SMILES string of the molecule is CCNCCNC(=O)c1nn(-c2cccc(C(F)(F)F)c2)c(C)cc1=O. The third-order valence-electron chi connectivity index (χ3n) is 3.58. The number of likely N-dealkylation sites (N-methyl/N-ethyl adjacent to an activating group) is 1. The molecule has 9 heteroatoms. The van der Waals surface area contributed by atoms with Gasteiger partial charge in [0.15, 0.2) is 5.69 Å². The monoisotopic (exact) mass is 368 g/mol. The van der Waals surface area contributed by atoms with E-state index >= 15 is 0 Å². The van der Waals surface area contributed by atoms with Gasteiger partial charge in [-0.2, -0.15) is 18.3 Å². The van der Waals surface area contributed by atoms with Gasteiger partial charge < -0.3 is 10.6 Å². The van der Waals surface area contributed by atoms with E-state index in [1.807, 2.05) is 6.92 Å². The molecule has 0 aliphatic carbocycles. The molecule has 1 heterocycles. The van der Waals surface area contributed by atoms with Gasteiger partial charge in [0, 0.05) is 24.8 Å². The molecule has 2 N–H and O–H groups in total. The number of carbonyl (C=O) groups excluding carboxylic acids is 1. The minimum Gasteiger partial charge on any atom is -0.349 e. The fourth-order valence-corrected chi connectivity index (χ4v) is 2.30. The van der Waals surface area contributed by atoms with Crippen LogP contribution in [0.15, 0.2) is 35.1 Å². The molecule has 0 atom stereocenters. The third-order valence-corrected chi connectivity index (χ3v) is 3.58. The molecule has 0 fully saturated rings. The van der Waals surface area contributed by atoms with Crippen molar-refractivity contribution in [2.24, 2.45) is 0 Å². The summed E-state index contributed by atoms with van der Waals surface area (Å²) in [5.41, 5.74) is -1.37. The summed E-state index contributed by atoms with van der Waals surface area (Å²) in [6.07, 6.45) is -4.50. The number of nitrogens with one attached hydrogen (secondary N) is 2. The van der Waals surface area contributed by atoms with E-state index in [0.717, 1.165) is 23.4 Å². The van der Waals surface area contributed by atoms with Crippen LogP contribution in [0.1, 0.15) is 28.7 Å². The zero-order valence-electron chi connectivity index (χ0n) is 14.4. The molecule has 6 nitrogen and oxygen atoms in total. The normalized spacial score (nSPS) is 11.4. The van der Waals surface area contributed by atoms with Crippen molar-refractivity contribution in [2.45, 2.75) is 20.0 Å². The van der Waals surface area contributed by atoms with Crippen molar-refractivity contribution in [3.8, 4) is 5.69 Å². The van der Waals surface area contributed by atoms with E-state index < -0.39 is 23.1 Å². The molecule has 0 saturated carbocycles. The Bertz CT molecular complexity index is 847. The lowest BCUT2D eigenvalue weighted by atomic mass is 10.2. The molecule has 140 valence electrons. The van der Waals surface area contributed by atoms with Crippen LogP contribution >= 0.6 is 0 Å². The van der Waals surface area contributed by atoms with Gasteiger partial charge in [0.2, 0.25) is 5.43 Å². The molecule has 1 aromatic carbocycles. The highest BCUT2D eigenvalue weighted by atomic mass is 19.4. The molecular weight excluding hydrogens is 349 g/mol. The van der Waals surface area contributed by atoms with Crippen LogP contribution in [-0.2, 0) is 6.18 Å². The van der Waals surface area contributed by atoms with Crippen LogP contribution in [0.5, 0.6) is 0 Å². The van der Waals surface area contributed by atoms with Gasteiger partial charge in [-0.15, -0.1) is 0 Å². The number of hydrogen-bond donors (Lipinski definition) is 2. The first kappa shape index (κ1) is 19.6. The second kappa shape index (κ2) is 8.13. The van der Waals surface area contributed by atoms with E-state index in [4.69, 9.17) is 0 Å². The zero-order valence-corrected chi connectivity index (χ0v) is 14.4. The molecule has 2 rings (SSSR count). The molecule has 26 heavy (non-hydrogen) atoms. The van der Waals surface area contributed by atoms with Crippen LogP contribution in [-0.4, -0.2) is 35.3 Å². The van der Waals surface area contributed by atoms with Crippen LogP contribution in [0.3, 0.4) is 0 Å². The minimum atomic E-state index is -4.50. The second-order valence-electron chi connectivity index (χ2n) is 5.57. The number of nitrogens with zero attached hydrogens (tertiary/aromatic N) is 2. The summed E-state index contributed by atoms with van der Waals surface area (Å²) in [6.45, 7) is 5.00. The van der Waals surface area contributed by atoms with Crippen molar-refractivity contribution in [1.29, 1.82) is 0 Å². The van der Waals surface area contributed by atoms with Gasteiger partial charge in [0.1, 0.15) is 0 Å². The Labute approximate surface area is 148 Å². The zero-order chi connectivity index (χ0) is 19.3. The van der Waals surface area contributed by atoms with E-state index in [1.54, 1.807) is 0 Å². The molecule has 0 aliphatic rings. The summed E-state index contributed by atoms with van der Waals surface area (Å²) >= 11 is 0. The topological polar surface area (TPSA) is 76.0 Å². The molecule has 1 amide bonds. The number of carbonyl (C=O) groups is 1. The van der Waals surface area contributed by atoms with E-state index in [1.165, 1.54) is 25.1 Å². The number of hydrogen-bond acceptors (Lipinski definition) is 4. The van der Waals surface area contributed by atoms with Crippen LogP contribution in [0, 0.1) is 6.92 Å². The predicted molar refractivity (Wildman–Crippen MR) is 90.4 cm³/mol. The average molecular weight is 368 g/mol. The van der Waals surface area contributed by atoms with Crippen LogP contribution in [0.4, 0.5) is 13.2 Å². The Balaban J connectivity index is 2.36. The number of rotatable bonds is 6. The maximum Gasteiger partial charge on any atom is 0.416 e. The van der Waals surface area contributed by atoms with Gasteiger partial charge in [0.05, 0.1) is 11.3 Å². The Kier molecular flexibility index (Phi) is 6.14. The summed E-state index contributed by atoms with van der Waals surface area (Å²) in [4.78, 5) is 24.2. The summed E-state index contributed by atoms with van der Waals surface area (Å²) in [5, 5.41) is 9.53. The highest BCUT2D eigenvalue weighted by molar-refractivity contribution is 5.92. The van der Waals surface area contributed by atoms with Gasteiger partial charge >= 0.3 is 6.18 Å². The fourth-order valence-electron chi connectivity index (χ4n) is 2.30. The molecule has 0 unspecified atom stereocenters. The highest BCUT2D eigenvalue weighted by Crippen LogP contribution is 2.30. The smallest absolute Gasteiger partial charge is 0.349 e. The van der Waals surface area contributed by atoms with E-state index in [0.29, 0.717) is 18.8 Å². The van der Waals surface area contributed by atoms with E-state index in [9.17, 15) is 22.8 Å². The van der Waals surface area contributed by atoms with E-state index in [2.05, 4.69) is 15.7 Å². The maximum atomic E-state index is 12.9. The second-order valence-corrected chi connectivity index (χ2v) is 5.57. The summed E-state index contributed by atoms with van der Waals surface area (Å²) in [5.74, 6) is -0.673. The Morgan fingerprint density at radius 1 is 1.23 bits per heavy atom. The number of aromatic nitrogens is 2. The molecule has 0 bridgehead atoms. The van der Waals surface area contributed by atoms with Gasteiger partial charge in [-0.3, -0.25) is 9.59 Å². The van der Waals surface area contributed by atoms with Crippen molar-refractivity contribution >= 4 is 5.91 Å². The van der Waals surface area contributed by atoms with Crippen LogP contribution in [0.25, 0.3) is 5.69 Å². The van der Waals surface area contributed by atoms with Crippen molar-refractivity contribution in [2.75, 3.05) is 19.6 Å². The third kappa shape index (κ3) is 4.69. The number of alkyl halides is 3. The molecule has 2 aromatic rings. The number of halogens is 3. The first-order valence-corrected chi connectivity index (χ1v) is 8.01.